The summed E-state index contributed by atoms with van der Waals surface area (Å²) in [5.41, 5.74) is 0. The number of rotatable bonds is 7. The second-order valence-electron chi connectivity index (χ2n) is 4.43. The highest BCUT2D eigenvalue weighted by molar-refractivity contribution is 5.81. The van der Waals surface area contributed by atoms with Gasteiger partial charge in [-0.1, -0.05) is 0 Å². The third-order valence-corrected chi connectivity index (χ3v) is 2.97. The van der Waals surface area contributed by atoms with Crippen LogP contribution in [-0.2, 0) is 16.1 Å². The summed E-state index contributed by atoms with van der Waals surface area (Å²) in [6.45, 7) is 2.73. The van der Waals surface area contributed by atoms with Crippen LogP contribution < -0.4 is 10.6 Å². The first kappa shape index (κ1) is 13.1. The summed E-state index contributed by atoms with van der Waals surface area (Å²) in [6, 6.07) is 3.73. The lowest BCUT2D eigenvalue weighted by Gasteiger charge is -2.10. The molecule has 18 heavy (non-hydrogen) atoms. The Morgan fingerprint density at radius 3 is 3.28 bits per heavy atom. The Bertz CT molecular complexity index is 345. The van der Waals surface area contributed by atoms with E-state index in [9.17, 15) is 4.79 Å². The minimum absolute atomic E-state index is 0.00837. The van der Waals surface area contributed by atoms with E-state index in [-0.39, 0.29) is 11.9 Å². The zero-order valence-corrected chi connectivity index (χ0v) is 10.5. The highest BCUT2D eigenvalue weighted by atomic mass is 16.5. The van der Waals surface area contributed by atoms with Gasteiger partial charge in [0, 0.05) is 13.2 Å². The summed E-state index contributed by atoms with van der Waals surface area (Å²) in [7, 11) is 0. The second kappa shape index (κ2) is 7.18. The van der Waals surface area contributed by atoms with Gasteiger partial charge >= 0.3 is 0 Å². The summed E-state index contributed by atoms with van der Waals surface area (Å²) in [4.78, 5) is 11.6. The smallest absolute Gasteiger partial charge is 0.237 e. The van der Waals surface area contributed by atoms with Crippen LogP contribution in [0.4, 0.5) is 0 Å². The van der Waals surface area contributed by atoms with Gasteiger partial charge in [-0.05, 0) is 37.9 Å². The van der Waals surface area contributed by atoms with Gasteiger partial charge in [0.15, 0.2) is 0 Å². The zero-order valence-electron chi connectivity index (χ0n) is 10.5. The van der Waals surface area contributed by atoms with Crippen LogP contribution in [0, 0.1) is 0 Å². The number of amides is 1. The molecule has 1 aliphatic rings. The van der Waals surface area contributed by atoms with Gasteiger partial charge < -0.3 is 19.8 Å². The summed E-state index contributed by atoms with van der Waals surface area (Å²) in [6.07, 6.45) is 4.48. The van der Waals surface area contributed by atoms with E-state index in [2.05, 4.69) is 10.6 Å². The molecule has 0 aliphatic carbocycles. The van der Waals surface area contributed by atoms with Crippen molar-refractivity contribution in [3.05, 3.63) is 24.2 Å². The van der Waals surface area contributed by atoms with Crippen LogP contribution in [0.1, 0.15) is 25.0 Å². The molecule has 1 unspecified atom stereocenters. The van der Waals surface area contributed by atoms with E-state index in [0.717, 1.165) is 31.6 Å². The molecule has 1 fully saturated rings. The van der Waals surface area contributed by atoms with E-state index in [0.29, 0.717) is 19.8 Å². The number of hydrogen-bond acceptors (Lipinski definition) is 4. The normalized spacial score (nSPS) is 19.0. The first-order valence-corrected chi connectivity index (χ1v) is 6.47. The highest BCUT2D eigenvalue weighted by Gasteiger charge is 2.20. The number of carbonyl (C=O) groups excluding carboxylic acids is 1. The van der Waals surface area contributed by atoms with Crippen molar-refractivity contribution >= 4 is 5.91 Å². The number of ether oxygens (including phenoxy) is 1. The molecule has 0 radical (unpaired) electrons. The molecule has 2 heterocycles. The Morgan fingerprint density at radius 2 is 2.56 bits per heavy atom. The number of carbonyl (C=O) groups is 1. The molecule has 1 aromatic rings. The van der Waals surface area contributed by atoms with Crippen molar-refractivity contribution < 1.29 is 13.9 Å². The fraction of sp³-hybridized carbons (Fsp3) is 0.615. The fourth-order valence-corrected chi connectivity index (χ4v) is 1.98. The van der Waals surface area contributed by atoms with Crippen molar-refractivity contribution in [2.45, 2.75) is 31.9 Å². The predicted octanol–water partition coefficient (Wildman–Crippen LogP) is 1.05. The molecule has 0 bridgehead atoms. The number of nitrogens with one attached hydrogen (secondary N) is 2. The maximum atomic E-state index is 11.6. The van der Waals surface area contributed by atoms with Gasteiger partial charge in [0.25, 0.3) is 0 Å². The van der Waals surface area contributed by atoms with Gasteiger partial charge in [-0.2, -0.15) is 0 Å². The monoisotopic (exact) mass is 252 g/mol. The van der Waals surface area contributed by atoms with Crippen LogP contribution >= 0.6 is 0 Å². The summed E-state index contributed by atoms with van der Waals surface area (Å²) in [5, 5.41) is 6.08. The Labute approximate surface area is 107 Å². The van der Waals surface area contributed by atoms with Gasteiger partial charge in [-0.3, -0.25) is 4.79 Å². The van der Waals surface area contributed by atoms with Crippen LogP contribution in [0.2, 0.25) is 0 Å². The minimum atomic E-state index is 0.00837. The molecule has 2 N–H and O–H groups in total. The molecule has 5 heteroatoms. The SMILES string of the molecule is O=C(NCCCOCc1ccco1)C1CCCN1. The lowest BCUT2D eigenvalue weighted by Crippen LogP contribution is -2.40. The molecule has 1 aromatic heterocycles. The van der Waals surface area contributed by atoms with Crippen LogP contribution in [0.25, 0.3) is 0 Å². The predicted molar refractivity (Wildman–Crippen MR) is 67.0 cm³/mol. The van der Waals surface area contributed by atoms with E-state index in [1.165, 1.54) is 0 Å². The van der Waals surface area contributed by atoms with Crippen LogP contribution in [0.3, 0.4) is 0 Å². The third kappa shape index (κ3) is 4.16. The molecule has 100 valence electrons. The van der Waals surface area contributed by atoms with Crippen LogP contribution in [-0.4, -0.2) is 31.6 Å². The quantitative estimate of drug-likeness (QED) is 0.712. The van der Waals surface area contributed by atoms with Crippen molar-refractivity contribution in [3.63, 3.8) is 0 Å². The molecule has 1 saturated heterocycles. The Balaban J connectivity index is 1.47. The molecule has 0 aromatic carbocycles. The number of furan rings is 1. The zero-order chi connectivity index (χ0) is 12.6. The maximum Gasteiger partial charge on any atom is 0.237 e. The van der Waals surface area contributed by atoms with Crippen molar-refractivity contribution in [1.82, 2.24) is 10.6 Å². The molecule has 0 spiro atoms. The molecule has 1 atom stereocenters. The Kier molecular flexibility index (Phi) is 5.23. The minimum Gasteiger partial charge on any atom is -0.467 e. The van der Waals surface area contributed by atoms with Crippen molar-refractivity contribution in [2.24, 2.45) is 0 Å². The van der Waals surface area contributed by atoms with Crippen molar-refractivity contribution in [1.29, 1.82) is 0 Å². The molecule has 0 saturated carbocycles. The first-order chi connectivity index (χ1) is 8.86. The van der Waals surface area contributed by atoms with Crippen LogP contribution in [0.5, 0.6) is 0 Å². The average Bonchev–Trinajstić information content (AvgIpc) is 3.05. The highest BCUT2D eigenvalue weighted by Crippen LogP contribution is 2.04. The van der Waals surface area contributed by atoms with Gasteiger partial charge in [-0.25, -0.2) is 0 Å². The molecule has 2 rings (SSSR count). The number of hydrogen-bond donors (Lipinski definition) is 2. The van der Waals surface area contributed by atoms with E-state index in [4.69, 9.17) is 9.15 Å². The van der Waals surface area contributed by atoms with E-state index >= 15 is 0 Å². The van der Waals surface area contributed by atoms with Crippen molar-refractivity contribution in [2.75, 3.05) is 19.7 Å². The third-order valence-electron chi connectivity index (χ3n) is 2.97. The summed E-state index contributed by atoms with van der Waals surface area (Å²) < 4.78 is 10.6. The van der Waals surface area contributed by atoms with E-state index in [1.54, 1.807) is 6.26 Å². The molecular weight excluding hydrogens is 232 g/mol. The lowest BCUT2D eigenvalue weighted by molar-refractivity contribution is -0.122. The Morgan fingerprint density at radius 1 is 1.61 bits per heavy atom. The van der Waals surface area contributed by atoms with Gasteiger partial charge in [0.1, 0.15) is 12.4 Å². The molecular formula is C13H20N2O3. The second-order valence-corrected chi connectivity index (χ2v) is 4.43. The summed E-state index contributed by atoms with van der Waals surface area (Å²) >= 11 is 0. The Hall–Kier alpha value is -1.33. The largest absolute Gasteiger partial charge is 0.467 e. The molecule has 1 amide bonds. The van der Waals surface area contributed by atoms with E-state index < -0.39 is 0 Å². The summed E-state index contributed by atoms with van der Waals surface area (Å²) in [5.74, 6) is 0.938. The van der Waals surface area contributed by atoms with Crippen molar-refractivity contribution in [3.8, 4) is 0 Å². The van der Waals surface area contributed by atoms with Crippen LogP contribution in [0.15, 0.2) is 22.8 Å². The van der Waals surface area contributed by atoms with Gasteiger partial charge in [0.05, 0.1) is 12.3 Å². The molecule has 5 nitrogen and oxygen atoms in total. The lowest BCUT2D eigenvalue weighted by atomic mass is 10.2. The maximum absolute atomic E-state index is 11.6. The molecule has 1 aliphatic heterocycles. The topological polar surface area (TPSA) is 63.5 Å². The van der Waals surface area contributed by atoms with Gasteiger partial charge in [0.2, 0.25) is 5.91 Å². The van der Waals surface area contributed by atoms with Gasteiger partial charge in [-0.15, -0.1) is 0 Å². The standard InChI is InChI=1S/C13H20N2O3/c16-13(12-5-1-6-14-12)15-7-3-8-17-10-11-4-2-9-18-11/h2,4,9,12,14H,1,3,5-8,10H2,(H,15,16). The fourth-order valence-electron chi connectivity index (χ4n) is 1.98. The first-order valence-electron chi connectivity index (χ1n) is 6.47. The average molecular weight is 252 g/mol. The van der Waals surface area contributed by atoms with E-state index in [1.807, 2.05) is 12.1 Å².